The van der Waals surface area contributed by atoms with E-state index in [2.05, 4.69) is 15.3 Å². The number of anilines is 1. The fourth-order valence-corrected chi connectivity index (χ4v) is 3.04. The van der Waals surface area contributed by atoms with Crippen LogP contribution in [0.2, 0.25) is 0 Å². The fourth-order valence-electron chi connectivity index (χ4n) is 3.04. The number of likely N-dealkylation sites (N-methyl/N-ethyl adjacent to an activating group) is 1. The van der Waals surface area contributed by atoms with E-state index in [1.165, 1.54) is 5.06 Å². The lowest BCUT2D eigenvalue weighted by molar-refractivity contribution is -0.168. The van der Waals surface area contributed by atoms with Gasteiger partial charge in [0, 0.05) is 58.2 Å². The number of nitrogens with one attached hydrogen (secondary N) is 1. The Balaban J connectivity index is 1.71. The van der Waals surface area contributed by atoms with Crippen LogP contribution in [-0.2, 0) is 20.5 Å². The van der Waals surface area contributed by atoms with Crippen LogP contribution in [0.4, 0.5) is 23.9 Å². The normalized spacial score (nSPS) is 16.0. The van der Waals surface area contributed by atoms with Crippen LogP contribution in [-0.4, -0.2) is 90.0 Å². The van der Waals surface area contributed by atoms with Crippen LogP contribution in [0, 0.1) is 0 Å². The van der Waals surface area contributed by atoms with Crippen molar-refractivity contribution in [3.63, 3.8) is 0 Å². The topological polar surface area (TPSA) is 100 Å². The van der Waals surface area contributed by atoms with Gasteiger partial charge in [0.2, 0.25) is 5.95 Å². The lowest BCUT2D eigenvalue weighted by atomic mass is 10.2. The number of rotatable bonds is 7. The van der Waals surface area contributed by atoms with Crippen LogP contribution in [0.25, 0.3) is 0 Å². The number of carbonyl (C=O) groups excluding carboxylic acids is 2. The second-order valence-electron chi connectivity index (χ2n) is 8.77. The molecule has 0 aliphatic carbocycles. The minimum atomic E-state index is -4.49. The van der Waals surface area contributed by atoms with E-state index >= 15 is 0 Å². The highest BCUT2D eigenvalue weighted by Gasteiger charge is 2.32. The van der Waals surface area contributed by atoms with Crippen LogP contribution in [0.5, 0.6) is 0 Å². The van der Waals surface area contributed by atoms with Crippen molar-refractivity contribution in [2.45, 2.75) is 45.5 Å². The smallest absolute Gasteiger partial charge is 0.419 e. The molecule has 0 bridgehead atoms. The first-order chi connectivity index (χ1) is 15.2. The minimum absolute atomic E-state index is 0.174. The molecule has 0 unspecified atom stereocenters. The molecule has 1 aromatic rings. The predicted molar refractivity (Wildman–Crippen MR) is 113 cm³/mol. The Hall–Kier alpha value is -2.67. The molecule has 0 spiro atoms. The van der Waals surface area contributed by atoms with Gasteiger partial charge in [-0.2, -0.15) is 18.2 Å². The lowest BCUT2D eigenvalue weighted by Crippen LogP contribution is -2.50. The number of aromatic nitrogens is 2. The summed E-state index contributed by atoms with van der Waals surface area (Å²) in [5.41, 5.74) is -1.50. The maximum atomic E-state index is 12.6. The molecule has 13 heteroatoms. The van der Waals surface area contributed by atoms with Gasteiger partial charge in [0.05, 0.1) is 5.56 Å². The Kier molecular flexibility index (Phi) is 8.83. The second-order valence-corrected chi connectivity index (χ2v) is 8.77. The van der Waals surface area contributed by atoms with E-state index < -0.39 is 23.4 Å². The zero-order valence-electron chi connectivity index (χ0n) is 19.5. The number of amides is 2. The van der Waals surface area contributed by atoms with Gasteiger partial charge in [-0.3, -0.25) is 9.63 Å². The van der Waals surface area contributed by atoms with E-state index in [0.29, 0.717) is 32.7 Å². The molecule has 1 N–H and O–H groups in total. The van der Waals surface area contributed by atoms with Crippen molar-refractivity contribution >= 4 is 17.9 Å². The van der Waals surface area contributed by atoms with E-state index in [1.807, 2.05) is 0 Å². The third kappa shape index (κ3) is 9.00. The van der Waals surface area contributed by atoms with Crippen LogP contribution in [0.3, 0.4) is 0 Å². The number of alkyl halides is 3. The molecule has 186 valence electrons. The molecule has 1 aromatic heterocycles. The maximum absolute atomic E-state index is 12.6. The number of ether oxygens (including phenoxy) is 1. The molecule has 10 nitrogen and oxygen atoms in total. The summed E-state index contributed by atoms with van der Waals surface area (Å²) in [6.07, 6.45) is -3.51. The Labute approximate surface area is 191 Å². The Morgan fingerprint density at radius 2 is 1.73 bits per heavy atom. The third-order valence-corrected chi connectivity index (χ3v) is 4.58. The summed E-state index contributed by atoms with van der Waals surface area (Å²) >= 11 is 0. The first-order valence-corrected chi connectivity index (χ1v) is 10.5. The van der Waals surface area contributed by atoms with E-state index in [-0.39, 0.29) is 24.5 Å². The van der Waals surface area contributed by atoms with Gasteiger partial charge in [-0.1, -0.05) is 0 Å². The molecular weight excluding hydrogens is 445 g/mol. The monoisotopic (exact) mass is 476 g/mol. The minimum Gasteiger partial charge on any atom is -0.444 e. The molecule has 1 fully saturated rings. The van der Waals surface area contributed by atoms with Gasteiger partial charge in [0.1, 0.15) is 12.2 Å². The number of hydrogen-bond acceptors (Lipinski definition) is 8. The zero-order valence-corrected chi connectivity index (χ0v) is 19.5. The van der Waals surface area contributed by atoms with Crippen molar-refractivity contribution in [3.05, 3.63) is 18.0 Å². The summed E-state index contributed by atoms with van der Waals surface area (Å²) < 4.78 is 43.1. The summed E-state index contributed by atoms with van der Waals surface area (Å²) in [7, 11) is 1.65. The fraction of sp³-hybridized carbons (Fsp3) is 0.700. The SMILES string of the molecule is C[C@@H](CN(C)OCC(=O)N1CCN(c2ncc(C(F)(F)F)cn2)CC1)NC(=O)OC(C)(C)C. The first-order valence-electron chi connectivity index (χ1n) is 10.5. The highest BCUT2D eigenvalue weighted by Crippen LogP contribution is 2.28. The summed E-state index contributed by atoms with van der Waals surface area (Å²) in [6, 6.07) is -0.271. The Bertz CT molecular complexity index is 792. The number of carbonyl (C=O) groups is 2. The highest BCUT2D eigenvalue weighted by molar-refractivity contribution is 5.77. The van der Waals surface area contributed by atoms with Gasteiger partial charge in [-0.05, 0) is 27.7 Å². The molecule has 0 saturated carbocycles. The van der Waals surface area contributed by atoms with Gasteiger partial charge >= 0.3 is 12.3 Å². The van der Waals surface area contributed by atoms with Gasteiger partial charge in [0.15, 0.2) is 0 Å². The summed E-state index contributed by atoms with van der Waals surface area (Å²) in [4.78, 5) is 40.6. The number of halogens is 3. The van der Waals surface area contributed by atoms with Gasteiger partial charge in [0.25, 0.3) is 5.91 Å². The van der Waals surface area contributed by atoms with Crippen LogP contribution < -0.4 is 10.2 Å². The summed E-state index contributed by atoms with van der Waals surface area (Å²) in [5.74, 6) is -0.0276. The highest BCUT2D eigenvalue weighted by atomic mass is 19.4. The number of hydroxylamine groups is 2. The van der Waals surface area contributed by atoms with Crippen molar-refractivity contribution in [2.75, 3.05) is 51.3 Å². The van der Waals surface area contributed by atoms with E-state index in [0.717, 1.165) is 12.4 Å². The van der Waals surface area contributed by atoms with Crippen LogP contribution in [0.1, 0.15) is 33.3 Å². The molecule has 2 heterocycles. The van der Waals surface area contributed by atoms with Crippen LogP contribution in [0.15, 0.2) is 12.4 Å². The molecule has 0 aromatic carbocycles. The lowest BCUT2D eigenvalue weighted by Gasteiger charge is -2.35. The molecule has 1 atom stereocenters. The zero-order chi connectivity index (χ0) is 24.8. The number of hydrogen-bond donors (Lipinski definition) is 1. The predicted octanol–water partition coefficient (Wildman–Crippen LogP) is 1.92. The summed E-state index contributed by atoms with van der Waals surface area (Å²) in [6.45, 7) is 8.79. The van der Waals surface area contributed by atoms with Gasteiger partial charge in [-0.15, -0.1) is 0 Å². The third-order valence-electron chi connectivity index (χ3n) is 4.58. The van der Waals surface area contributed by atoms with Crippen molar-refractivity contribution in [2.24, 2.45) is 0 Å². The molecule has 1 aliphatic heterocycles. The second kappa shape index (κ2) is 11.0. The molecule has 0 radical (unpaired) electrons. The maximum Gasteiger partial charge on any atom is 0.419 e. The molecule has 2 rings (SSSR count). The van der Waals surface area contributed by atoms with Crippen molar-refractivity contribution in [3.8, 4) is 0 Å². The van der Waals surface area contributed by atoms with Gasteiger partial charge in [-0.25, -0.2) is 14.8 Å². The number of piperazine rings is 1. The van der Waals surface area contributed by atoms with E-state index in [4.69, 9.17) is 9.57 Å². The molecule has 1 saturated heterocycles. The van der Waals surface area contributed by atoms with E-state index in [1.54, 1.807) is 44.5 Å². The average Bonchev–Trinajstić information content (AvgIpc) is 2.70. The molecule has 1 aliphatic rings. The van der Waals surface area contributed by atoms with E-state index in [9.17, 15) is 22.8 Å². The first kappa shape index (κ1) is 26.6. The van der Waals surface area contributed by atoms with Crippen molar-refractivity contribution in [1.82, 2.24) is 25.2 Å². The average molecular weight is 477 g/mol. The van der Waals surface area contributed by atoms with Crippen molar-refractivity contribution in [1.29, 1.82) is 0 Å². The molecule has 33 heavy (non-hydrogen) atoms. The summed E-state index contributed by atoms with van der Waals surface area (Å²) in [5, 5.41) is 4.16. The van der Waals surface area contributed by atoms with Gasteiger partial charge < -0.3 is 19.9 Å². The molecular formula is C20H31F3N6O4. The largest absolute Gasteiger partial charge is 0.444 e. The van der Waals surface area contributed by atoms with Crippen LogP contribution >= 0.6 is 0 Å². The molecule has 2 amide bonds. The number of alkyl carbamates (subject to hydrolysis) is 1. The Morgan fingerprint density at radius 1 is 1.15 bits per heavy atom. The quantitative estimate of drug-likeness (QED) is 0.596. The Morgan fingerprint density at radius 3 is 2.24 bits per heavy atom. The standard InChI is InChI=1S/C20H31F3N6O4/c1-14(26-18(31)33-19(2,3)4)12-27(5)32-13-16(30)28-6-8-29(9-7-28)17-24-10-15(11-25-17)20(21,22)23/h10-11,14H,6-9,12-13H2,1-5H3,(H,26,31)/t14-/m0/s1. The number of nitrogens with zero attached hydrogens (tertiary/aromatic N) is 5. The van der Waals surface area contributed by atoms with Crippen molar-refractivity contribution < 1.29 is 32.3 Å².